The van der Waals surface area contributed by atoms with Crippen molar-refractivity contribution < 1.29 is 0 Å². The summed E-state index contributed by atoms with van der Waals surface area (Å²) < 4.78 is 0. The molecule has 0 bridgehead atoms. The summed E-state index contributed by atoms with van der Waals surface area (Å²) in [5, 5.41) is 0. The van der Waals surface area contributed by atoms with Crippen LogP contribution in [0.3, 0.4) is 0 Å². The standard InChI is InChI=1S/C22H26/c1-15(2)17(4)11-18-5-6-19(12-18)13-20-7-8-21-9-16(3)10-22(21)14-20/h5-8,12,14,17,19H,1,3,9-11,13H2,2,4H3/t17-,19?/m0/s1. The van der Waals surface area contributed by atoms with Gasteiger partial charge in [0, 0.05) is 0 Å². The van der Waals surface area contributed by atoms with Crippen LogP contribution in [0.15, 0.2) is 66.3 Å². The minimum atomic E-state index is 0.551. The minimum Gasteiger partial charge on any atom is -0.0999 e. The van der Waals surface area contributed by atoms with Crippen LogP contribution in [0.4, 0.5) is 0 Å². The van der Waals surface area contributed by atoms with E-state index in [1.807, 2.05) is 0 Å². The maximum atomic E-state index is 4.13. The van der Waals surface area contributed by atoms with Crippen molar-refractivity contribution >= 4 is 0 Å². The molecule has 0 saturated carbocycles. The topological polar surface area (TPSA) is 0 Å². The summed E-state index contributed by atoms with van der Waals surface area (Å²) in [4.78, 5) is 0. The van der Waals surface area contributed by atoms with E-state index in [0.717, 1.165) is 25.7 Å². The molecule has 1 unspecified atom stereocenters. The molecule has 22 heavy (non-hydrogen) atoms. The molecule has 0 aliphatic heterocycles. The smallest absolute Gasteiger partial charge is 0.000403 e. The largest absolute Gasteiger partial charge is 0.0999 e. The van der Waals surface area contributed by atoms with Crippen LogP contribution in [-0.4, -0.2) is 0 Å². The van der Waals surface area contributed by atoms with E-state index in [4.69, 9.17) is 0 Å². The molecule has 114 valence electrons. The SMILES string of the molecule is C=C1Cc2ccc(CC3C=CC(C[C@H](C)C(=C)C)=C3)cc2C1. The fourth-order valence-corrected chi connectivity index (χ4v) is 3.44. The Bertz CT molecular complexity index is 669. The van der Waals surface area contributed by atoms with Gasteiger partial charge in [0.2, 0.25) is 0 Å². The maximum Gasteiger partial charge on any atom is -0.000403 e. The lowest BCUT2D eigenvalue weighted by Gasteiger charge is -2.11. The van der Waals surface area contributed by atoms with Crippen LogP contribution in [-0.2, 0) is 19.3 Å². The molecule has 2 aliphatic rings. The van der Waals surface area contributed by atoms with Crippen molar-refractivity contribution in [2.75, 3.05) is 0 Å². The molecule has 0 heterocycles. The van der Waals surface area contributed by atoms with Gasteiger partial charge in [-0.3, -0.25) is 0 Å². The van der Waals surface area contributed by atoms with Gasteiger partial charge in [0.15, 0.2) is 0 Å². The molecule has 0 amide bonds. The van der Waals surface area contributed by atoms with Crippen LogP contribution in [0.1, 0.15) is 37.0 Å². The fraction of sp³-hybridized carbons (Fsp3) is 0.364. The Morgan fingerprint density at radius 2 is 2.05 bits per heavy atom. The zero-order valence-electron chi connectivity index (χ0n) is 13.9. The van der Waals surface area contributed by atoms with Gasteiger partial charge in [-0.15, -0.1) is 0 Å². The van der Waals surface area contributed by atoms with Crippen LogP contribution in [0, 0.1) is 11.8 Å². The van der Waals surface area contributed by atoms with Crippen molar-refractivity contribution in [3.8, 4) is 0 Å². The number of hydrogen-bond acceptors (Lipinski definition) is 0. The molecule has 3 rings (SSSR count). The third-order valence-electron chi connectivity index (χ3n) is 4.99. The van der Waals surface area contributed by atoms with Crippen molar-refractivity contribution in [2.24, 2.45) is 11.8 Å². The lowest BCUT2D eigenvalue weighted by molar-refractivity contribution is 0.681. The first kappa shape index (κ1) is 15.1. The third kappa shape index (κ3) is 3.32. The van der Waals surface area contributed by atoms with Gasteiger partial charge >= 0.3 is 0 Å². The molecule has 0 N–H and O–H groups in total. The van der Waals surface area contributed by atoms with Gasteiger partial charge < -0.3 is 0 Å². The summed E-state index contributed by atoms with van der Waals surface area (Å²) in [5.41, 5.74) is 8.51. The van der Waals surface area contributed by atoms with Crippen molar-refractivity contribution in [1.29, 1.82) is 0 Å². The summed E-state index contributed by atoms with van der Waals surface area (Å²) >= 11 is 0. The molecule has 0 aromatic heterocycles. The first-order valence-electron chi connectivity index (χ1n) is 8.33. The van der Waals surface area contributed by atoms with Gasteiger partial charge in [0.05, 0.1) is 0 Å². The second-order valence-corrected chi connectivity index (χ2v) is 7.13. The zero-order chi connectivity index (χ0) is 15.7. The van der Waals surface area contributed by atoms with E-state index in [0.29, 0.717) is 11.8 Å². The fourth-order valence-electron chi connectivity index (χ4n) is 3.44. The first-order chi connectivity index (χ1) is 10.5. The van der Waals surface area contributed by atoms with Gasteiger partial charge in [-0.25, -0.2) is 0 Å². The Labute approximate surface area is 135 Å². The molecule has 1 aromatic rings. The minimum absolute atomic E-state index is 0.551. The molecule has 1 aromatic carbocycles. The number of hydrogen-bond donors (Lipinski definition) is 0. The molecule has 2 aliphatic carbocycles. The van der Waals surface area contributed by atoms with Gasteiger partial charge in [0.1, 0.15) is 0 Å². The summed E-state index contributed by atoms with van der Waals surface area (Å²) in [6.45, 7) is 12.6. The van der Waals surface area contributed by atoms with Crippen LogP contribution >= 0.6 is 0 Å². The van der Waals surface area contributed by atoms with Crippen molar-refractivity contribution in [3.05, 3.63) is 83.0 Å². The highest BCUT2D eigenvalue weighted by Gasteiger charge is 2.16. The highest BCUT2D eigenvalue weighted by molar-refractivity contribution is 5.43. The van der Waals surface area contributed by atoms with E-state index in [2.05, 4.69) is 63.4 Å². The Morgan fingerprint density at radius 1 is 1.27 bits per heavy atom. The van der Waals surface area contributed by atoms with E-state index in [9.17, 15) is 0 Å². The van der Waals surface area contributed by atoms with Crippen LogP contribution in [0.5, 0.6) is 0 Å². The summed E-state index contributed by atoms with van der Waals surface area (Å²) in [7, 11) is 0. The number of fused-ring (bicyclic) bond motifs is 1. The average Bonchev–Trinajstić information content (AvgIpc) is 3.03. The molecule has 0 spiro atoms. The molecule has 0 saturated heterocycles. The number of allylic oxidation sites excluding steroid dienone is 6. The van der Waals surface area contributed by atoms with Gasteiger partial charge in [-0.2, -0.15) is 0 Å². The summed E-state index contributed by atoms with van der Waals surface area (Å²) in [6.07, 6.45) is 11.5. The maximum absolute atomic E-state index is 4.13. The van der Waals surface area contributed by atoms with E-state index < -0.39 is 0 Å². The molecular formula is C22H26. The zero-order valence-corrected chi connectivity index (χ0v) is 13.9. The molecular weight excluding hydrogens is 264 g/mol. The van der Waals surface area contributed by atoms with Gasteiger partial charge in [-0.05, 0) is 61.1 Å². The Hall–Kier alpha value is -1.82. The predicted octanol–water partition coefficient (Wildman–Crippen LogP) is 5.60. The summed E-state index contributed by atoms with van der Waals surface area (Å²) in [6, 6.07) is 6.99. The first-order valence-corrected chi connectivity index (χ1v) is 8.33. The van der Waals surface area contributed by atoms with Crippen molar-refractivity contribution in [1.82, 2.24) is 0 Å². The van der Waals surface area contributed by atoms with Crippen LogP contribution < -0.4 is 0 Å². The van der Waals surface area contributed by atoms with Crippen molar-refractivity contribution in [2.45, 2.75) is 39.5 Å². The van der Waals surface area contributed by atoms with E-state index in [-0.39, 0.29) is 0 Å². The van der Waals surface area contributed by atoms with E-state index >= 15 is 0 Å². The molecule has 0 nitrogen and oxygen atoms in total. The van der Waals surface area contributed by atoms with E-state index in [1.165, 1.54) is 33.4 Å². The second kappa shape index (κ2) is 6.12. The molecule has 0 radical (unpaired) electrons. The van der Waals surface area contributed by atoms with Gasteiger partial charge in [-0.1, -0.05) is 73.2 Å². The second-order valence-electron chi connectivity index (χ2n) is 7.13. The van der Waals surface area contributed by atoms with Crippen LogP contribution in [0.25, 0.3) is 0 Å². The Kier molecular flexibility index (Phi) is 4.20. The van der Waals surface area contributed by atoms with Crippen molar-refractivity contribution in [3.63, 3.8) is 0 Å². The highest BCUT2D eigenvalue weighted by atomic mass is 14.2. The lowest BCUT2D eigenvalue weighted by Crippen LogP contribution is -1.98. The van der Waals surface area contributed by atoms with E-state index in [1.54, 1.807) is 0 Å². The molecule has 0 heteroatoms. The van der Waals surface area contributed by atoms with Crippen LogP contribution in [0.2, 0.25) is 0 Å². The third-order valence-corrected chi connectivity index (χ3v) is 4.99. The quantitative estimate of drug-likeness (QED) is 0.619. The Balaban J connectivity index is 1.64. The normalized spacial score (nSPS) is 20.9. The number of benzene rings is 1. The summed E-state index contributed by atoms with van der Waals surface area (Å²) in [5.74, 6) is 1.12. The average molecular weight is 290 g/mol. The Morgan fingerprint density at radius 3 is 2.82 bits per heavy atom. The highest BCUT2D eigenvalue weighted by Crippen LogP contribution is 2.29. The predicted molar refractivity (Wildman–Crippen MR) is 96.0 cm³/mol. The lowest BCUT2D eigenvalue weighted by atomic mass is 9.94. The number of rotatable bonds is 5. The molecule has 2 atom stereocenters. The molecule has 0 fully saturated rings. The van der Waals surface area contributed by atoms with Gasteiger partial charge in [0.25, 0.3) is 0 Å². The monoisotopic (exact) mass is 290 g/mol.